The van der Waals surface area contributed by atoms with E-state index < -0.39 is 0 Å². The first kappa shape index (κ1) is 13.6. The van der Waals surface area contributed by atoms with E-state index in [1.807, 2.05) is 12.1 Å². The first-order valence-corrected chi connectivity index (χ1v) is 7.07. The number of halogens is 1. The largest absolute Gasteiger partial charge is 0.399 e. The number of nitrogens with two attached hydrogens (primary N) is 1. The van der Waals surface area contributed by atoms with Crippen LogP contribution in [-0.2, 0) is 17.6 Å². The first-order valence-electron chi connectivity index (χ1n) is 7.07. The molecule has 0 fully saturated rings. The van der Waals surface area contributed by atoms with Crippen molar-refractivity contribution in [1.29, 1.82) is 0 Å². The molecule has 0 aliphatic carbocycles. The number of amides is 1. The number of hydrogen-bond donors (Lipinski definition) is 1. The average Bonchev–Trinajstić information content (AvgIpc) is 2.48. The van der Waals surface area contributed by atoms with E-state index in [0.717, 1.165) is 24.1 Å². The van der Waals surface area contributed by atoms with Gasteiger partial charge in [0.05, 0.1) is 6.42 Å². The van der Waals surface area contributed by atoms with Crippen LogP contribution in [0.3, 0.4) is 0 Å². The molecular formula is C17H17FN2O. The monoisotopic (exact) mass is 284 g/mol. The van der Waals surface area contributed by atoms with Gasteiger partial charge in [-0.3, -0.25) is 4.79 Å². The lowest BCUT2D eigenvalue weighted by Gasteiger charge is -2.30. The number of nitrogen functional groups attached to an aromatic ring is 1. The summed E-state index contributed by atoms with van der Waals surface area (Å²) in [4.78, 5) is 14.2. The number of benzene rings is 2. The Morgan fingerprint density at radius 3 is 2.86 bits per heavy atom. The molecule has 108 valence electrons. The number of nitrogens with zero attached hydrogens (tertiary/aromatic N) is 1. The van der Waals surface area contributed by atoms with Crippen LogP contribution in [-0.4, -0.2) is 12.5 Å². The molecule has 0 saturated heterocycles. The molecule has 2 aromatic rings. The maximum atomic E-state index is 13.7. The second kappa shape index (κ2) is 5.56. The summed E-state index contributed by atoms with van der Waals surface area (Å²) >= 11 is 0. The van der Waals surface area contributed by atoms with Gasteiger partial charge < -0.3 is 10.6 Å². The third-order valence-electron chi connectivity index (χ3n) is 3.82. The summed E-state index contributed by atoms with van der Waals surface area (Å²) in [6.45, 7) is 0.671. The van der Waals surface area contributed by atoms with E-state index in [0.29, 0.717) is 17.8 Å². The zero-order valence-electron chi connectivity index (χ0n) is 11.7. The van der Waals surface area contributed by atoms with Crippen molar-refractivity contribution in [2.24, 2.45) is 0 Å². The Bertz CT molecular complexity index is 684. The molecule has 1 aliphatic heterocycles. The normalized spacial score (nSPS) is 13.9. The van der Waals surface area contributed by atoms with Crippen molar-refractivity contribution in [2.75, 3.05) is 17.2 Å². The van der Waals surface area contributed by atoms with Gasteiger partial charge in [-0.05, 0) is 48.2 Å². The fraction of sp³-hybridized carbons (Fsp3) is 0.235. The van der Waals surface area contributed by atoms with Gasteiger partial charge in [-0.2, -0.15) is 0 Å². The fourth-order valence-corrected chi connectivity index (χ4v) is 2.78. The molecule has 0 spiro atoms. The zero-order chi connectivity index (χ0) is 14.8. The second-order valence-electron chi connectivity index (χ2n) is 5.31. The van der Waals surface area contributed by atoms with Crippen LogP contribution in [0.4, 0.5) is 15.8 Å². The van der Waals surface area contributed by atoms with Gasteiger partial charge in [-0.1, -0.05) is 18.2 Å². The highest BCUT2D eigenvalue weighted by atomic mass is 19.1. The molecule has 1 aliphatic rings. The minimum absolute atomic E-state index is 0.0779. The minimum atomic E-state index is -0.333. The van der Waals surface area contributed by atoms with E-state index in [-0.39, 0.29) is 18.1 Å². The molecule has 3 nitrogen and oxygen atoms in total. The van der Waals surface area contributed by atoms with Crippen LogP contribution < -0.4 is 10.6 Å². The molecule has 21 heavy (non-hydrogen) atoms. The molecule has 1 heterocycles. The highest BCUT2D eigenvalue weighted by molar-refractivity contribution is 5.96. The van der Waals surface area contributed by atoms with E-state index in [9.17, 15) is 9.18 Å². The predicted octanol–water partition coefficient (Wildman–Crippen LogP) is 2.93. The van der Waals surface area contributed by atoms with E-state index in [4.69, 9.17) is 5.73 Å². The summed E-state index contributed by atoms with van der Waals surface area (Å²) in [5.41, 5.74) is 8.92. The molecule has 1 amide bonds. The van der Waals surface area contributed by atoms with Crippen LogP contribution in [0.2, 0.25) is 0 Å². The van der Waals surface area contributed by atoms with Gasteiger partial charge in [0, 0.05) is 17.9 Å². The van der Waals surface area contributed by atoms with E-state index in [2.05, 4.69) is 0 Å². The molecule has 0 bridgehead atoms. The van der Waals surface area contributed by atoms with E-state index >= 15 is 0 Å². The lowest BCUT2D eigenvalue weighted by molar-refractivity contribution is -0.118. The molecule has 2 N–H and O–H groups in total. The molecular weight excluding hydrogens is 267 g/mol. The van der Waals surface area contributed by atoms with Crippen LogP contribution in [0, 0.1) is 5.82 Å². The SMILES string of the molecule is Nc1ccc2c(c1)CCCN2C(=O)Cc1ccccc1F. The molecule has 0 saturated carbocycles. The van der Waals surface area contributed by atoms with Crippen LogP contribution in [0.15, 0.2) is 42.5 Å². The molecule has 0 aromatic heterocycles. The third-order valence-corrected chi connectivity index (χ3v) is 3.82. The Morgan fingerprint density at radius 1 is 1.24 bits per heavy atom. The van der Waals surface area contributed by atoms with Crippen molar-refractivity contribution in [2.45, 2.75) is 19.3 Å². The number of anilines is 2. The predicted molar refractivity (Wildman–Crippen MR) is 81.6 cm³/mol. The number of fused-ring (bicyclic) bond motifs is 1. The van der Waals surface area contributed by atoms with Crippen LogP contribution in [0.1, 0.15) is 17.5 Å². The van der Waals surface area contributed by atoms with Crippen molar-refractivity contribution in [3.8, 4) is 0 Å². The summed E-state index contributed by atoms with van der Waals surface area (Å²) in [5, 5.41) is 0. The quantitative estimate of drug-likeness (QED) is 0.862. The lowest BCUT2D eigenvalue weighted by atomic mass is 10.00. The van der Waals surface area contributed by atoms with Gasteiger partial charge in [-0.25, -0.2) is 4.39 Å². The van der Waals surface area contributed by atoms with Gasteiger partial charge >= 0.3 is 0 Å². The van der Waals surface area contributed by atoms with E-state index in [1.165, 1.54) is 6.07 Å². The van der Waals surface area contributed by atoms with Gasteiger partial charge in [0.25, 0.3) is 0 Å². The molecule has 0 unspecified atom stereocenters. The summed E-state index contributed by atoms with van der Waals surface area (Å²) in [7, 11) is 0. The Labute approximate surface area is 123 Å². The highest BCUT2D eigenvalue weighted by Crippen LogP contribution is 2.29. The maximum Gasteiger partial charge on any atom is 0.231 e. The van der Waals surface area contributed by atoms with Gasteiger partial charge in [0.2, 0.25) is 5.91 Å². The van der Waals surface area contributed by atoms with Crippen molar-refractivity contribution in [3.05, 3.63) is 59.4 Å². The highest BCUT2D eigenvalue weighted by Gasteiger charge is 2.23. The fourth-order valence-electron chi connectivity index (χ4n) is 2.78. The summed E-state index contributed by atoms with van der Waals surface area (Å²) < 4.78 is 13.7. The van der Waals surface area contributed by atoms with Gasteiger partial charge in [0.1, 0.15) is 5.82 Å². The summed E-state index contributed by atoms with van der Waals surface area (Å²) in [6, 6.07) is 12.0. The number of rotatable bonds is 2. The van der Waals surface area contributed by atoms with Crippen LogP contribution >= 0.6 is 0 Å². The van der Waals surface area contributed by atoms with Crippen LogP contribution in [0.5, 0.6) is 0 Å². The Hall–Kier alpha value is -2.36. The van der Waals surface area contributed by atoms with Gasteiger partial charge in [0.15, 0.2) is 0 Å². The Kier molecular flexibility index (Phi) is 3.60. The van der Waals surface area contributed by atoms with Crippen molar-refractivity contribution in [3.63, 3.8) is 0 Å². The Balaban J connectivity index is 1.85. The minimum Gasteiger partial charge on any atom is -0.399 e. The average molecular weight is 284 g/mol. The first-order chi connectivity index (χ1) is 10.1. The van der Waals surface area contributed by atoms with Gasteiger partial charge in [-0.15, -0.1) is 0 Å². The number of carbonyl (C=O) groups is 1. The molecule has 0 atom stereocenters. The molecule has 0 radical (unpaired) electrons. The summed E-state index contributed by atoms with van der Waals surface area (Å²) in [5.74, 6) is -0.411. The van der Waals surface area contributed by atoms with Crippen molar-refractivity contribution >= 4 is 17.3 Å². The van der Waals surface area contributed by atoms with Crippen LogP contribution in [0.25, 0.3) is 0 Å². The number of carbonyl (C=O) groups excluding carboxylic acids is 1. The number of hydrogen-bond acceptors (Lipinski definition) is 2. The standard InChI is InChI=1S/C17H17FN2O/c18-15-6-2-1-4-12(15)11-17(21)20-9-3-5-13-10-14(19)7-8-16(13)20/h1-2,4,6-8,10H,3,5,9,11,19H2. The third kappa shape index (κ3) is 2.75. The smallest absolute Gasteiger partial charge is 0.231 e. The van der Waals surface area contributed by atoms with Crippen molar-refractivity contribution in [1.82, 2.24) is 0 Å². The number of aryl methyl sites for hydroxylation is 1. The zero-order valence-corrected chi connectivity index (χ0v) is 11.7. The molecule has 4 heteroatoms. The van der Waals surface area contributed by atoms with Crippen molar-refractivity contribution < 1.29 is 9.18 Å². The maximum absolute atomic E-state index is 13.7. The molecule has 2 aromatic carbocycles. The second-order valence-corrected chi connectivity index (χ2v) is 5.31. The molecule has 3 rings (SSSR count). The summed E-state index contributed by atoms with van der Waals surface area (Å²) in [6.07, 6.45) is 1.90. The Morgan fingerprint density at radius 2 is 2.05 bits per heavy atom. The lowest BCUT2D eigenvalue weighted by Crippen LogP contribution is -2.36. The topological polar surface area (TPSA) is 46.3 Å². The van der Waals surface area contributed by atoms with E-state index in [1.54, 1.807) is 29.2 Å².